The van der Waals surface area contributed by atoms with Crippen LogP contribution in [0.5, 0.6) is 5.75 Å². The van der Waals surface area contributed by atoms with Gasteiger partial charge in [-0.3, -0.25) is 14.5 Å². The lowest BCUT2D eigenvalue weighted by atomic mass is 10.0. The highest BCUT2D eigenvalue weighted by molar-refractivity contribution is 9.10. The normalized spacial score (nSPS) is 14.3. The van der Waals surface area contributed by atoms with Crippen LogP contribution in [0.1, 0.15) is 41.0 Å². The van der Waals surface area contributed by atoms with Gasteiger partial charge in [-0.15, -0.1) is 0 Å². The molecule has 0 saturated carbocycles. The van der Waals surface area contributed by atoms with Gasteiger partial charge in [0.2, 0.25) is 0 Å². The van der Waals surface area contributed by atoms with Gasteiger partial charge in [-0.2, -0.15) is 0 Å². The average Bonchev–Trinajstić information content (AvgIpc) is 2.95. The van der Waals surface area contributed by atoms with Gasteiger partial charge in [-0.05, 0) is 36.6 Å². The number of benzene rings is 2. The molecule has 0 unspecified atom stereocenters. The van der Waals surface area contributed by atoms with Crippen LogP contribution >= 0.6 is 62.3 Å². The number of halogens is 5. The molecule has 3 rings (SSSR count). The number of ether oxygens (including phenoxy) is 1. The SMILES string of the molecule is CC(C)C[C@@H](C(=O)Oc1ccc(Br)cc1)N1C(=O)c2c(Cl)c(Cl)c(Cl)c(Cl)c2C1=O. The number of nitrogens with zero attached hydrogens (tertiary/aromatic N) is 1. The van der Waals surface area contributed by atoms with Crippen molar-refractivity contribution in [2.24, 2.45) is 5.92 Å². The minimum Gasteiger partial charge on any atom is -0.425 e. The second-order valence-electron chi connectivity index (χ2n) is 7.01. The van der Waals surface area contributed by atoms with E-state index in [1.54, 1.807) is 24.3 Å². The highest BCUT2D eigenvalue weighted by Gasteiger charge is 2.47. The van der Waals surface area contributed by atoms with Crippen molar-refractivity contribution in [3.05, 3.63) is 60.0 Å². The van der Waals surface area contributed by atoms with E-state index in [-0.39, 0.29) is 49.3 Å². The Bertz CT molecular complexity index is 1010. The van der Waals surface area contributed by atoms with E-state index in [0.29, 0.717) is 0 Å². The fourth-order valence-corrected chi connectivity index (χ4v) is 4.37. The van der Waals surface area contributed by atoms with E-state index in [1.165, 1.54) is 0 Å². The molecule has 0 aliphatic carbocycles. The lowest BCUT2D eigenvalue weighted by Crippen LogP contribution is -2.47. The van der Waals surface area contributed by atoms with E-state index in [4.69, 9.17) is 51.1 Å². The lowest BCUT2D eigenvalue weighted by Gasteiger charge is -2.26. The fraction of sp³-hybridized carbons (Fsp3) is 0.250. The number of carbonyl (C=O) groups excluding carboxylic acids is 3. The Kier molecular flexibility index (Phi) is 7.04. The van der Waals surface area contributed by atoms with Crippen LogP contribution in [0.3, 0.4) is 0 Å². The highest BCUT2D eigenvalue weighted by Crippen LogP contribution is 2.45. The van der Waals surface area contributed by atoms with Crippen molar-refractivity contribution in [3.63, 3.8) is 0 Å². The van der Waals surface area contributed by atoms with Crippen LogP contribution in [-0.4, -0.2) is 28.7 Å². The summed E-state index contributed by atoms with van der Waals surface area (Å²) in [6, 6.07) is 5.39. The van der Waals surface area contributed by atoms with Crippen LogP contribution in [0, 0.1) is 5.92 Å². The van der Waals surface area contributed by atoms with Gasteiger partial charge >= 0.3 is 5.97 Å². The van der Waals surface area contributed by atoms with Crippen molar-refractivity contribution < 1.29 is 19.1 Å². The standard InChI is InChI=1S/C20H14BrCl4NO4/c1-8(2)7-11(20(29)30-10-5-3-9(21)4-6-10)26-18(27)12-13(19(26)28)15(23)17(25)16(24)14(12)22/h3-6,8,11H,7H2,1-2H3/t11-/m0/s1. The number of esters is 1. The van der Waals surface area contributed by atoms with Crippen LogP contribution < -0.4 is 4.74 Å². The zero-order chi connectivity index (χ0) is 22.3. The number of hydrogen-bond donors (Lipinski definition) is 0. The fourth-order valence-electron chi connectivity index (χ4n) is 3.09. The molecule has 1 atom stereocenters. The summed E-state index contributed by atoms with van der Waals surface area (Å²) in [5.41, 5.74) is -0.350. The second kappa shape index (κ2) is 9.05. The Morgan fingerprint density at radius 2 is 1.40 bits per heavy atom. The van der Waals surface area contributed by atoms with Crippen molar-refractivity contribution in [1.82, 2.24) is 4.90 Å². The minimum absolute atomic E-state index is 0.0325. The van der Waals surface area contributed by atoms with Gasteiger partial charge in [0.25, 0.3) is 11.8 Å². The summed E-state index contributed by atoms with van der Waals surface area (Å²) in [7, 11) is 0. The molecule has 1 aliphatic heterocycles. The Morgan fingerprint density at radius 3 is 1.83 bits per heavy atom. The molecule has 158 valence electrons. The molecule has 2 aromatic rings. The molecule has 0 radical (unpaired) electrons. The van der Waals surface area contributed by atoms with Crippen LogP contribution in [0.25, 0.3) is 0 Å². The maximum atomic E-state index is 13.1. The third-order valence-corrected chi connectivity index (χ3v) is 6.77. The summed E-state index contributed by atoms with van der Waals surface area (Å²) in [6.45, 7) is 3.71. The van der Waals surface area contributed by atoms with Gasteiger partial charge in [0, 0.05) is 4.47 Å². The molecule has 0 N–H and O–H groups in total. The molecule has 0 fully saturated rings. The van der Waals surface area contributed by atoms with E-state index < -0.39 is 23.8 Å². The maximum absolute atomic E-state index is 13.1. The summed E-state index contributed by atoms with van der Waals surface area (Å²) in [4.78, 5) is 40.0. The van der Waals surface area contributed by atoms with Crippen molar-refractivity contribution >= 4 is 80.1 Å². The number of fused-ring (bicyclic) bond motifs is 1. The first-order chi connectivity index (χ1) is 14.0. The summed E-state index contributed by atoms with van der Waals surface area (Å²) in [5.74, 6) is -2.08. The predicted molar refractivity (Wildman–Crippen MR) is 120 cm³/mol. The summed E-state index contributed by atoms with van der Waals surface area (Å²) in [6.07, 6.45) is 0.178. The van der Waals surface area contributed by atoms with Crippen molar-refractivity contribution in [1.29, 1.82) is 0 Å². The van der Waals surface area contributed by atoms with Crippen molar-refractivity contribution in [2.75, 3.05) is 0 Å². The molecule has 1 aliphatic rings. The van der Waals surface area contributed by atoms with Gasteiger partial charge < -0.3 is 4.74 Å². The van der Waals surface area contributed by atoms with Crippen LogP contribution in [0.4, 0.5) is 0 Å². The molecule has 10 heteroatoms. The summed E-state index contributed by atoms with van der Waals surface area (Å²) >= 11 is 27.8. The third kappa shape index (κ3) is 4.21. The molecule has 5 nitrogen and oxygen atoms in total. The van der Waals surface area contributed by atoms with Crippen LogP contribution in [-0.2, 0) is 4.79 Å². The minimum atomic E-state index is -1.19. The van der Waals surface area contributed by atoms with Crippen molar-refractivity contribution in [2.45, 2.75) is 26.3 Å². The molecular weight excluding hydrogens is 540 g/mol. The van der Waals surface area contributed by atoms with Crippen LogP contribution in [0.15, 0.2) is 28.7 Å². The number of hydrogen-bond acceptors (Lipinski definition) is 4. The Labute approximate surface area is 201 Å². The molecule has 0 aromatic heterocycles. The second-order valence-corrected chi connectivity index (χ2v) is 9.43. The number of imide groups is 1. The maximum Gasteiger partial charge on any atom is 0.334 e. The first-order valence-electron chi connectivity index (χ1n) is 8.75. The Morgan fingerprint density at radius 1 is 0.933 bits per heavy atom. The summed E-state index contributed by atoms with van der Waals surface area (Å²) in [5, 5.41) is -0.649. The molecule has 0 saturated heterocycles. The Hall–Kier alpha value is -1.31. The van der Waals surface area contributed by atoms with E-state index in [0.717, 1.165) is 9.37 Å². The molecule has 2 amide bonds. The first kappa shape index (κ1) is 23.4. The Balaban J connectivity index is 2.02. The van der Waals surface area contributed by atoms with Gasteiger partial charge in [0.05, 0.1) is 31.2 Å². The van der Waals surface area contributed by atoms with E-state index in [2.05, 4.69) is 15.9 Å². The van der Waals surface area contributed by atoms with Gasteiger partial charge in [-0.25, -0.2) is 4.79 Å². The molecule has 30 heavy (non-hydrogen) atoms. The molecule has 2 aromatic carbocycles. The smallest absolute Gasteiger partial charge is 0.334 e. The molecule has 0 bridgehead atoms. The number of carbonyl (C=O) groups is 3. The molecule has 0 spiro atoms. The van der Waals surface area contributed by atoms with Gasteiger partial charge in [0.1, 0.15) is 11.8 Å². The molecular formula is C20H14BrCl4NO4. The average molecular weight is 554 g/mol. The van der Waals surface area contributed by atoms with E-state index in [1.807, 2.05) is 13.8 Å². The van der Waals surface area contributed by atoms with E-state index >= 15 is 0 Å². The zero-order valence-electron chi connectivity index (χ0n) is 15.6. The van der Waals surface area contributed by atoms with Gasteiger partial charge in [0.15, 0.2) is 0 Å². The quantitative estimate of drug-likeness (QED) is 0.136. The molecule has 1 heterocycles. The zero-order valence-corrected chi connectivity index (χ0v) is 20.3. The number of rotatable bonds is 5. The number of amides is 2. The van der Waals surface area contributed by atoms with E-state index in [9.17, 15) is 14.4 Å². The van der Waals surface area contributed by atoms with Crippen molar-refractivity contribution in [3.8, 4) is 5.75 Å². The van der Waals surface area contributed by atoms with Crippen LogP contribution in [0.2, 0.25) is 20.1 Å². The third-order valence-electron chi connectivity index (χ3n) is 4.44. The monoisotopic (exact) mass is 551 g/mol. The first-order valence-corrected chi connectivity index (χ1v) is 11.1. The largest absolute Gasteiger partial charge is 0.425 e. The van der Waals surface area contributed by atoms with Gasteiger partial charge in [-0.1, -0.05) is 76.2 Å². The highest BCUT2D eigenvalue weighted by atomic mass is 79.9. The lowest BCUT2D eigenvalue weighted by molar-refractivity contribution is -0.139. The summed E-state index contributed by atoms with van der Waals surface area (Å²) < 4.78 is 6.23. The predicted octanol–water partition coefficient (Wildman–Crippen LogP) is 6.68. The topological polar surface area (TPSA) is 63.7 Å².